The highest BCUT2D eigenvalue weighted by atomic mass is 16.5. The summed E-state index contributed by atoms with van der Waals surface area (Å²) >= 11 is 0. The van der Waals surface area contributed by atoms with Gasteiger partial charge in [0, 0.05) is 20.1 Å². The summed E-state index contributed by atoms with van der Waals surface area (Å²) in [5.74, 6) is 0. The second-order valence-corrected chi connectivity index (χ2v) is 5.80. The predicted molar refractivity (Wildman–Crippen MR) is 87.6 cm³/mol. The number of nitrogens with one attached hydrogen (secondary N) is 1. The Hall–Kier alpha value is -1.42. The number of methoxy groups -OCH3 is 1. The molecule has 1 atom stereocenters. The van der Waals surface area contributed by atoms with Gasteiger partial charge < -0.3 is 15.2 Å². The van der Waals surface area contributed by atoms with Gasteiger partial charge >= 0.3 is 0 Å². The maximum absolute atomic E-state index is 10.6. The minimum Gasteiger partial charge on any atom is -0.390 e. The summed E-state index contributed by atoms with van der Waals surface area (Å²) in [5.41, 5.74) is 0.500. The highest BCUT2D eigenvalue weighted by molar-refractivity contribution is 5.85. The molecular formula is C18H25NO2. The Morgan fingerprint density at radius 1 is 1.10 bits per heavy atom. The molecule has 1 unspecified atom stereocenters. The molecule has 2 aromatic carbocycles. The molecule has 0 saturated carbocycles. The highest BCUT2D eigenvalue weighted by Gasteiger charge is 2.21. The summed E-state index contributed by atoms with van der Waals surface area (Å²) in [6, 6.07) is 14.6. The molecular weight excluding hydrogens is 262 g/mol. The third-order valence-electron chi connectivity index (χ3n) is 3.77. The zero-order valence-electron chi connectivity index (χ0n) is 12.9. The van der Waals surface area contributed by atoms with Gasteiger partial charge in [-0.25, -0.2) is 0 Å². The minimum atomic E-state index is -0.704. The van der Waals surface area contributed by atoms with Crippen molar-refractivity contribution in [1.29, 1.82) is 0 Å². The SMILES string of the molecule is COCCNCCC(C)(O)Cc1cccc2ccccc12. The van der Waals surface area contributed by atoms with Crippen molar-refractivity contribution < 1.29 is 9.84 Å². The van der Waals surface area contributed by atoms with Crippen LogP contribution in [-0.4, -0.2) is 37.5 Å². The van der Waals surface area contributed by atoms with Gasteiger partial charge in [-0.15, -0.1) is 0 Å². The average Bonchev–Trinajstić information content (AvgIpc) is 2.47. The fraction of sp³-hybridized carbons (Fsp3) is 0.444. The smallest absolute Gasteiger partial charge is 0.0672 e. The Labute approximate surface area is 126 Å². The first-order valence-corrected chi connectivity index (χ1v) is 7.51. The second kappa shape index (κ2) is 7.55. The first-order chi connectivity index (χ1) is 10.1. The minimum absolute atomic E-state index is 0.667. The van der Waals surface area contributed by atoms with Crippen molar-refractivity contribution in [3.8, 4) is 0 Å². The first kappa shape index (κ1) is 16.0. The second-order valence-electron chi connectivity index (χ2n) is 5.80. The number of fused-ring (bicyclic) bond motifs is 1. The molecule has 21 heavy (non-hydrogen) atoms. The van der Waals surface area contributed by atoms with Crippen LogP contribution in [-0.2, 0) is 11.2 Å². The molecule has 2 rings (SSSR count). The highest BCUT2D eigenvalue weighted by Crippen LogP contribution is 2.24. The summed E-state index contributed by atoms with van der Waals surface area (Å²) < 4.78 is 4.99. The van der Waals surface area contributed by atoms with E-state index in [2.05, 4.69) is 35.6 Å². The van der Waals surface area contributed by atoms with Gasteiger partial charge in [0.1, 0.15) is 0 Å². The molecule has 0 bridgehead atoms. The van der Waals surface area contributed by atoms with Gasteiger partial charge in [-0.3, -0.25) is 0 Å². The molecule has 114 valence electrons. The van der Waals surface area contributed by atoms with Gasteiger partial charge in [0.05, 0.1) is 12.2 Å². The molecule has 0 heterocycles. The molecule has 0 aliphatic rings. The summed E-state index contributed by atoms with van der Waals surface area (Å²) in [5, 5.41) is 16.3. The lowest BCUT2D eigenvalue weighted by molar-refractivity contribution is 0.0513. The Bertz CT molecular complexity index is 561. The molecule has 0 aromatic heterocycles. The molecule has 0 saturated heterocycles. The molecule has 0 radical (unpaired) electrons. The quantitative estimate of drug-likeness (QED) is 0.734. The van der Waals surface area contributed by atoms with Crippen molar-refractivity contribution in [3.05, 3.63) is 48.0 Å². The van der Waals surface area contributed by atoms with Crippen molar-refractivity contribution in [3.63, 3.8) is 0 Å². The molecule has 2 aromatic rings. The van der Waals surface area contributed by atoms with E-state index in [4.69, 9.17) is 4.74 Å². The average molecular weight is 287 g/mol. The van der Waals surface area contributed by atoms with Crippen LogP contribution in [0.15, 0.2) is 42.5 Å². The van der Waals surface area contributed by atoms with Gasteiger partial charge in [-0.05, 0) is 36.2 Å². The summed E-state index contributed by atoms with van der Waals surface area (Å²) in [4.78, 5) is 0. The van der Waals surface area contributed by atoms with Crippen LogP contribution in [0.4, 0.5) is 0 Å². The van der Waals surface area contributed by atoms with Crippen LogP contribution in [0.3, 0.4) is 0 Å². The molecule has 2 N–H and O–H groups in total. The monoisotopic (exact) mass is 287 g/mol. The number of aliphatic hydroxyl groups is 1. The van der Waals surface area contributed by atoms with E-state index in [1.165, 1.54) is 16.3 Å². The van der Waals surface area contributed by atoms with E-state index in [1.54, 1.807) is 7.11 Å². The lowest BCUT2D eigenvalue weighted by Gasteiger charge is -2.24. The van der Waals surface area contributed by atoms with E-state index in [9.17, 15) is 5.11 Å². The van der Waals surface area contributed by atoms with Crippen LogP contribution in [0.2, 0.25) is 0 Å². The molecule has 0 spiro atoms. The molecule has 0 aliphatic heterocycles. The van der Waals surface area contributed by atoms with E-state index >= 15 is 0 Å². The molecule has 0 aliphatic carbocycles. The van der Waals surface area contributed by atoms with Crippen LogP contribution >= 0.6 is 0 Å². The number of rotatable bonds is 8. The molecule has 0 fully saturated rings. The van der Waals surface area contributed by atoms with Crippen LogP contribution in [0.1, 0.15) is 18.9 Å². The Morgan fingerprint density at radius 3 is 2.67 bits per heavy atom. The summed E-state index contributed by atoms with van der Waals surface area (Å²) in [6.07, 6.45) is 1.39. The molecule has 3 heteroatoms. The van der Waals surface area contributed by atoms with Crippen LogP contribution in [0, 0.1) is 0 Å². The van der Waals surface area contributed by atoms with Gasteiger partial charge in [0.15, 0.2) is 0 Å². The Kier molecular flexibility index (Phi) is 5.74. The zero-order valence-corrected chi connectivity index (χ0v) is 12.9. The predicted octanol–water partition coefficient (Wildman–Crippen LogP) is 2.76. The van der Waals surface area contributed by atoms with E-state index < -0.39 is 5.60 Å². The number of hydrogen-bond donors (Lipinski definition) is 2. The van der Waals surface area contributed by atoms with Gasteiger partial charge in [-0.2, -0.15) is 0 Å². The fourth-order valence-corrected chi connectivity index (χ4v) is 2.60. The third-order valence-corrected chi connectivity index (χ3v) is 3.77. The van der Waals surface area contributed by atoms with E-state index in [0.717, 1.165) is 19.5 Å². The normalized spacial score (nSPS) is 14.2. The van der Waals surface area contributed by atoms with E-state index in [0.29, 0.717) is 13.0 Å². The lowest BCUT2D eigenvalue weighted by Crippen LogP contribution is -2.33. The van der Waals surface area contributed by atoms with Crippen molar-refractivity contribution in [2.45, 2.75) is 25.4 Å². The summed E-state index contributed by atoms with van der Waals surface area (Å²) in [7, 11) is 1.69. The summed E-state index contributed by atoms with van der Waals surface area (Å²) in [6.45, 7) is 4.22. The Balaban J connectivity index is 1.98. The van der Waals surface area contributed by atoms with E-state index in [-0.39, 0.29) is 0 Å². The topological polar surface area (TPSA) is 41.5 Å². The van der Waals surface area contributed by atoms with Gasteiger partial charge in [0.25, 0.3) is 0 Å². The van der Waals surface area contributed by atoms with Crippen LogP contribution in [0.25, 0.3) is 10.8 Å². The lowest BCUT2D eigenvalue weighted by atomic mass is 9.90. The van der Waals surface area contributed by atoms with Crippen molar-refractivity contribution >= 4 is 10.8 Å². The third kappa shape index (κ3) is 4.81. The number of hydrogen-bond acceptors (Lipinski definition) is 3. The number of benzene rings is 2. The fourth-order valence-electron chi connectivity index (χ4n) is 2.60. The standard InChI is InChI=1S/C18H25NO2/c1-18(20,10-11-19-12-13-21-2)14-16-8-5-7-15-6-3-4-9-17(15)16/h3-9,19-20H,10-14H2,1-2H3. The van der Waals surface area contributed by atoms with Gasteiger partial charge in [0.2, 0.25) is 0 Å². The van der Waals surface area contributed by atoms with Crippen LogP contribution < -0.4 is 5.32 Å². The molecule has 3 nitrogen and oxygen atoms in total. The van der Waals surface area contributed by atoms with Crippen molar-refractivity contribution in [2.24, 2.45) is 0 Å². The van der Waals surface area contributed by atoms with Crippen molar-refractivity contribution in [2.75, 3.05) is 26.8 Å². The van der Waals surface area contributed by atoms with Crippen molar-refractivity contribution in [1.82, 2.24) is 5.32 Å². The largest absolute Gasteiger partial charge is 0.390 e. The maximum Gasteiger partial charge on any atom is 0.0672 e. The molecule has 0 amide bonds. The van der Waals surface area contributed by atoms with E-state index in [1.807, 2.05) is 19.1 Å². The zero-order chi connectivity index (χ0) is 15.1. The van der Waals surface area contributed by atoms with Crippen LogP contribution in [0.5, 0.6) is 0 Å². The number of ether oxygens (including phenoxy) is 1. The first-order valence-electron chi connectivity index (χ1n) is 7.51. The maximum atomic E-state index is 10.6. The Morgan fingerprint density at radius 2 is 1.86 bits per heavy atom. The van der Waals surface area contributed by atoms with Gasteiger partial charge in [-0.1, -0.05) is 42.5 Å².